The van der Waals surface area contributed by atoms with Crippen LogP contribution in [0.4, 0.5) is 0 Å². The van der Waals surface area contributed by atoms with Crippen molar-refractivity contribution in [2.75, 3.05) is 28.3 Å². The van der Waals surface area contributed by atoms with E-state index in [4.69, 9.17) is 175 Å². The Morgan fingerprint density at radius 2 is 0.919 bits per heavy atom. The van der Waals surface area contributed by atoms with Crippen LogP contribution in [0.2, 0.25) is 61.1 Å². The van der Waals surface area contributed by atoms with Gasteiger partial charge in [0, 0.05) is 92.2 Å². The molecule has 0 aliphatic carbocycles. The number of carboxylic acids is 1. The Bertz CT molecular complexity index is 3410. The van der Waals surface area contributed by atoms with Gasteiger partial charge in [-0.2, -0.15) is 8.42 Å². The number of aliphatic hydroxyl groups excluding tert-OH is 1. The number of carboxylic acid groups (broad SMARTS) is 1. The topological polar surface area (TPSA) is 291 Å². The van der Waals surface area contributed by atoms with E-state index in [1.54, 1.807) is 57.6 Å². The van der Waals surface area contributed by atoms with Crippen LogP contribution in [0.15, 0.2) is 109 Å². The molecule has 0 bridgehead atoms. The summed E-state index contributed by atoms with van der Waals surface area (Å²) >= 11 is 72.0. The van der Waals surface area contributed by atoms with Crippen molar-refractivity contribution in [2.24, 2.45) is 0 Å². The zero-order valence-electron chi connectivity index (χ0n) is 49.9. The van der Waals surface area contributed by atoms with Crippen molar-refractivity contribution < 1.29 is 99.6 Å². The van der Waals surface area contributed by atoms with Crippen molar-refractivity contribution in [3.05, 3.63) is 212 Å². The predicted octanol–water partition coefficient (Wildman–Crippen LogP) is 15.3. The summed E-state index contributed by atoms with van der Waals surface area (Å²) in [6.07, 6.45) is 9.37. The molecule has 551 valence electrons. The Hall–Kier alpha value is -1.49. The first-order valence-corrected chi connectivity index (χ1v) is 31.5. The summed E-state index contributed by atoms with van der Waals surface area (Å²) in [5.74, 6) is -1.48. The molecule has 0 saturated carbocycles. The molecule has 1 aromatic carbocycles. The van der Waals surface area contributed by atoms with Gasteiger partial charge in [-0.3, -0.25) is 23.8 Å². The fraction of sp³-hybridized carbons (Fsp3) is 0.259. The molecule has 6 aromatic heterocycles. The minimum absolute atomic E-state index is 0. The number of aliphatic hydroxyl groups is 1. The number of nitrogens with one attached hydrogen (secondary N) is 1. The van der Waals surface area contributed by atoms with Crippen molar-refractivity contribution >= 4 is 252 Å². The molecule has 3 radical (unpaired) electrons. The number of amides is 1. The average Bonchev–Trinajstić information content (AvgIpc) is 0.918. The van der Waals surface area contributed by atoms with Crippen LogP contribution in [0.25, 0.3) is 6.08 Å². The van der Waals surface area contributed by atoms with Crippen LogP contribution in [0, 0.1) is 14.4 Å². The molecule has 1 atom stereocenters. The number of aromatic carboxylic acids is 1. The van der Waals surface area contributed by atoms with Crippen LogP contribution >= 0.6 is 172 Å². The monoisotopic (exact) mass is 1760 g/mol. The quantitative estimate of drug-likeness (QED) is 0.0199. The van der Waals surface area contributed by atoms with Crippen LogP contribution < -0.4 is 47.4 Å². The molecule has 99 heavy (non-hydrogen) atoms. The minimum atomic E-state index is -4.02. The number of carbonyl (C=O) groups is 4. The standard InChI is InChI=1S/C8H8Cl2N2O2.C7H7Cl2NO.C7H5Cl2NO.C7H5Cl2N.C7H8O3S.C6H2Cl3NO.C6H3Cl2NO2.C2H7NO.7CH4.CH3.B.Cl2OS.ClH.Mg.Na.H/c1-12(14-2)8(13)5-3-6(9)7(10)11-4-5;2*1-4(11)5-2-6(8)7(9)10-3-5;1-2-5-3-6(8)7(9)10-4-5;1-6-2-4-7(5-3-6)11(8,9)10;7-4-1-3(6(9)11)2-10-5(4)8;7-4-1-3(6(10)11)2-9-5(4)8;1-3-4-2;;;;;;;;;;1-4(2)3;;;;/h3-4H,1-2H3;2-4,11H,1H3;2-3H,1H3;2-4H,1H2;2-5H,1H3,(H,8,9,10);1-2H;1-2H,(H,10,11);3H,1-2H3;7*1H4;1H3;;;1H;;;/q;;;;;;;;;;;;;;;-1;;;;+2;+1;-1/p-1. The Balaban J connectivity index is -0.0000000624. The summed E-state index contributed by atoms with van der Waals surface area (Å²) < 4.78 is 38.6. The molecule has 7 aromatic rings. The van der Waals surface area contributed by atoms with Gasteiger partial charge in [-0.1, -0.05) is 222 Å². The van der Waals surface area contributed by atoms with E-state index in [9.17, 15) is 27.6 Å². The maximum absolute atomic E-state index is 11.5. The number of hydrogen-bond acceptors (Lipinski definition) is 17. The maximum atomic E-state index is 11.5. The van der Waals surface area contributed by atoms with Crippen LogP contribution in [0.3, 0.4) is 0 Å². The molecule has 6 heterocycles. The number of hydrogen-bond donors (Lipinski definition) is 4. The van der Waals surface area contributed by atoms with E-state index >= 15 is 0 Å². The van der Waals surface area contributed by atoms with Gasteiger partial charge in [-0.15, -0.1) is 0 Å². The van der Waals surface area contributed by atoms with Gasteiger partial charge < -0.3 is 36.3 Å². The Morgan fingerprint density at radius 3 is 1.20 bits per heavy atom. The number of pyridine rings is 6. The van der Waals surface area contributed by atoms with Crippen molar-refractivity contribution in [3.63, 3.8) is 0 Å². The first kappa shape index (κ1) is 130. The smallest absolute Gasteiger partial charge is 1.00 e. The van der Waals surface area contributed by atoms with Crippen LogP contribution in [-0.4, -0.2) is 145 Å². The van der Waals surface area contributed by atoms with E-state index in [1.807, 2.05) is 6.92 Å². The van der Waals surface area contributed by atoms with E-state index < -0.39 is 36.7 Å². The van der Waals surface area contributed by atoms with Gasteiger partial charge in [-0.05, 0) is 86.5 Å². The third kappa shape index (κ3) is 58.4. The molecule has 41 heteroatoms. The largest absolute Gasteiger partial charge is 2.00 e. The first-order valence-electron chi connectivity index (χ1n) is 22.3. The van der Waals surface area contributed by atoms with Gasteiger partial charge in [-0.25, -0.2) is 49.5 Å². The van der Waals surface area contributed by atoms with Gasteiger partial charge in [0.1, 0.15) is 30.9 Å². The molecular formula is C58H77BCl16MgN8NaO12S2. The summed E-state index contributed by atoms with van der Waals surface area (Å²) in [6.45, 7) is 8.49. The van der Waals surface area contributed by atoms with Crippen LogP contribution in [-0.2, 0) is 29.0 Å². The number of halogens is 16. The predicted molar refractivity (Wildman–Crippen MR) is 416 cm³/mol. The summed E-state index contributed by atoms with van der Waals surface area (Å²) in [7, 11) is 9.50. The number of aromatic nitrogens is 6. The van der Waals surface area contributed by atoms with E-state index in [-0.39, 0.29) is 203 Å². The van der Waals surface area contributed by atoms with Crippen molar-refractivity contribution in [3.8, 4) is 0 Å². The Morgan fingerprint density at radius 1 is 0.626 bits per heavy atom. The van der Waals surface area contributed by atoms with E-state index in [0.29, 0.717) is 36.9 Å². The number of Topliss-reactive ketones (excluding diaryl/α,β-unsaturated/α-hetero) is 1. The zero-order chi connectivity index (χ0) is 67.5. The van der Waals surface area contributed by atoms with Crippen LogP contribution in [0.1, 0.15) is 131 Å². The minimum Gasteiger partial charge on any atom is -1.00 e. The number of rotatable bonds is 9. The Labute approximate surface area is 707 Å². The average molecular weight is 1770 g/mol. The SMILES string of the molecule is C.C.C.C.C.C.C.C=Cc1cnc(Cl)c(Cl)c1.CC(=O)c1cnc(Cl)c(Cl)c1.CC(O)c1cnc(Cl)c(Cl)c1.CNOC.CON(C)C(=O)c1cnc(Cl)c(Cl)c1.Cc1ccc(S(=O)(=O)O)cc1.O=C(Cl)c1cnc(Cl)c(Cl)c1.O=C(O)c1cnc(Cl)c(Cl)c1.O=S(Cl)Cl.[B].[CH3-].[Cl-].[H-].[Mg+2].[Na+]. The fourth-order valence-electron chi connectivity index (χ4n) is 4.41. The van der Waals surface area contributed by atoms with Crippen LogP contribution in [0.5, 0.6) is 0 Å². The molecule has 4 N–H and O–H groups in total. The summed E-state index contributed by atoms with van der Waals surface area (Å²) in [4.78, 5) is 74.3. The third-order valence-electron chi connectivity index (χ3n) is 8.75. The second-order valence-electron chi connectivity index (χ2n) is 15.0. The van der Waals surface area contributed by atoms with Gasteiger partial charge in [0.2, 0.25) is 9.23 Å². The number of aryl methyl sites for hydroxylation is 1. The number of carbonyl (C=O) groups excluding carboxylic acids is 3. The fourth-order valence-corrected chi connectivity index (χ4v) is 6.62. The molecule has 7 rings (SSSR count). The molecule has 0 fully saturated rings. The molecule has 20 nitrogen and oxygen atoms in total. The molecule has 0 aliphatic rings. The molecule has 1 amide bonds. The summed E-state index contributed by atoms with van der Waals surface area (Å²) in [6, 6.07) is 14.9. The molecule has 1 unspecified atom stereocenters. The molecule has 0 spiro atoms. The normalized spacial score (nSPS) is 8.98. The Kier molecular flexibility index (Phi) is 93.1. The maximum Gasteiger partial charge on any atom is 2.00 e. The summed E-state index contributed by atoms with van der Waals surface area (Å²) in [5, 5.41) is 21.0. The van der Waals surface area contributed by atoms with E-state index in [0.717, 1.165) is 22.4 Å². The van der Waals surface area contributed by atoms with Gasteiger partial charge in [0.15, 0.2) is 5.78 Å². The zero-order valence-corrected chi connectivity index (χ0v) is 66.0. The van der Waals surface area contributed by atoms with E-state index in [2.05, 4.69) is 68.2 Å². The van der Waals surface area contributed by atoms with Gasteiger partial charge >= 0.3 is 58.6 Å². The van der Waals surface area contributed by atoms with Gasteiger partial charge in [0.05, 0.1) is 72.0 Å². The van der Waals surface area contributed by atoms with Crippen molar-refractivity contribution in [2.45, 2.75) is 83.8 Å². The van der Waals surface area contributed by atoms with Gasteiger partial charge in [0.25, 0.3) is 21.3 Å². The second kappa shape index (κ2) is 70.8. The summed E-state index contributed by atoms with van der Waals surface area (Å²) in [5.41, 5.74) is 5.98. The van der Waals surface area contributed by atoms with Crippen molar-refractivity contribution in [1.82, 2.24) is 40.4 Å². The van der Waals surface area contributed by atoms with E-state index in [1.165, 1.54) is 82.3 Å². The number of hydroxylamine groups is 3. The second-order valence-corrected chi connectivity index (χ2v) is 23.8. The molecule has 0 saturated heterocycles. The number of nitrogens with zero attached hydrogens (tertiary/aromatic N) is 7. The molecule has 0 aliphatic heterocycles. The number of benzene rings is 1. The van der Waals surface area contributed by atoms with Crippen molar-refractivity contribution in [1.29, 1.82) is 0 Å². The first-order chi connectivity index (χ1) is 40.4. The number of ketones is 1. The third-order valence-corrected chi connectivity index (χ3v) is 14.0. The molecular weight excluding hydrogens is 1690 g/mol.